The molecule has 2 N–H and O–H groups in total. The molecule has 0 atom stereocenters. The van der Waals surface area contributed by atoms with E-state index in [0.29, 0.717) is 12.1 Å². The van der Waals surface area contributed by atoms with Crippen molar-refractivity contribution in [3.05, 3.63) is 40.6 Å². The normalized spacial score (nSPS) is 9.94. The average molecular weight is 248 g/mol. The van der Waals surface area contributed by atoms with Gasteiger partial charge in [-0.3, -0.25) is 9.78 Å². The fourth-order valence-electron chi connectivity index (χ4n) is 1.38. The summed E-state index contributed by atoms with van der Waals surface area (Å²) in [5.41, 5.74) is 3.89. The van der Waals surface area contributed by atoms with Crippen LogP contribution in [0.4, 0.5) is 5.69 Å². The lowest BCUT2D eigenvalue weighted by Gasteiger charge is -2.07. The Hall–Kier alpha value is -1.95. The Bertz CT molecular complexity index is 498. The highest BCUT2D eigenvalue weighted by molar-refractivity contribution is 7.07. The van der Waals surface area contributed by atoms with Gasteiger partial charge in [-0.15, -0.1) is 11.3 Å². The minimum Gasteiger partial charge on any atom is -0.387 e. The van der Waals surface area contributed by atoms with Gasteiger partial charge in [0.1, 0.15) is 0 Å². The second kappa shape index (κ2) is 5.40. The number of anilines is 1. The van der Waals surface area contributed by atoms with Gasteiger partial charge in [-0.1, -0.05) is 0 Å². The molecule has 0 saturated heterocycles. The maximum absolute atomic E-state index is 11.9. The highest BCUT2D eigenvalue weighted by Crippen LogP contribution is 2.12. The SMILES string of the molecule is CNc1ccncc1C(=O)NCc1cscn1. The van der Waals surface area contributed by atoms with Gasteiger partial charge in [-0.05, 0) is 6.07 Å². The molecule has 0 aliphatic rings. The number of thiazole rings is 1. The third-order valence-corrected chi connectivity index (χ3v) is 2.88. The molecular weight excluding hydrogens is 236 g/mol. The number of amides is 1. The molecule has 0 fully saturated rings. The molecule has 1 amide bonds. The number of nitrogens with zero attached hydrogens (tertiary/aromatic N) is 2. The van der Waals surface area contributed by atoms with Gasteiger partial charge >= 0.3 is 0 Å². The lowest BCUT2D eigenvalue weighted by atomic mass is 10.2. The number of carbonyl (C=O) groups is 1. The first-order chi connectivity index (χ1) is 8.31. The Labute approximate surface area is 103 Å². The summed E-state index contributed by atoms with van der Waals surface area (Å²) in [6.45, 7) is 0.431. The Balaban J connectivity index is 2.04. The fourth-order valence-corrected chi connectivity index (χ4v) is 1.94. The number of hydrogen-bond acceptors (Lipinski definition) is 5. The number of pyridine rings is 1. The monoisotopic (exact) mass is 248 g/mol. The first-order valence-corrected chi connectivity index (χ1v) is 6.02. The van der Waals surface area contributed by atoms with Crippen LogP contribution in [0.15, 0.2) is 29.4 Å². The third kappa shape index (κ3) is 2.79. The Morgan fingerprint density at radius 3 is 3.12 bits per heavy atom. The predicted octanol–water partition coefficient (Wildman–Crippen LogP) is 1.51. The van der Waals surface area contributed by atoms with Crippen molar-refractivity contribution in [3.8, 4) is 0 Å². The molecule has 2 aromatic heterocycles. The van der Waals surface area contributed by atoms with E-state index in [2.05, 4.69) is 20.6 Å². The van der Waals surface area contributed by atoms with Crippen molar-refractivity contribution in [1.82, 2.24) is 15.3 Å². The van der Waals surface area contributed by atoms with E-state index in [1.807, 2.05) is 5.38 Å². The molecule has 2 aromatic rings. The number of carbonyl (C=O) groups excluding carboxylic acids is 1. The number of aromatic nitrogens is 2. The van der Waals surface area contributed by atoms with Crippen LogP contribution in [-0.2, 0) is 6.54 Å². The Morgan fingerprint density at radius 2 is 2.41 bits per heavy atom. The van der Waals surface area contributed by atoms with E-state index in [1.54, 1.807) is 31.0 Å². The van der Waals surface area contributed by atoms with Crippen LogP contribution >= 0.6 is 11.3 Å². The summed E-state index contributed by atoms with van der Waals surface area (Å²) in [6.07, 6.45) is 3.19. The standard InChI is InChI=1S/C11H12N4OS/c1-12-10-2-3-13-5-9(10)11(16)14-4-8-6-17-7-15-8/h2-3,5-7H,4H2,1H3,(H,12,13)(H,14,16). The van der Waals surface area contributed by atoms with Gasteiger partial charge in [0.25, 0.3) is 5.91 Å². The van der Waals surface area contributed by atoms with E-state index in [4.69, 9.17) is 0 Å². The molecule has 0 spiro atoms. The minimum atomic E-state index is -0.157. The molecule has 2 heterocycles. The molecule has 0 saturated carbocycles. The smallest absolute Gasteiger partial charge is 0.255 e. The Morgan fingerprint density at radius 1 is 1.53 bits per heavy atom. The number of nitrogens with one attached hydrogen (secondary N) is 2. The van der Waals surface area contributed by atoms with E-state index in [9.17, 15) is 4.79 Å². The van der Waals surface area contributed by atoms with Crippen LogP contribution in [0.5, 0.6) is 0 Å². The molecule has 0 unspecified atom stereocenters. The van der Waals surface area contributed by atoms with E-state index in [0.717, 1.165) is 11.4 Å². The van der Waals surface area contributed by atoms with Gasteiger partial charge in [0, 0.05) is 30.5 Å². The minimum absolute atomic E-state index is 0.157. The van der Waals surface area contributed by atoms with Crippen molar-refractivity contribution in [2.45, 2.75) is 6.54 Å². The zero-order valence-corrected chi connectivity index (χ0v) is 10.1. The largest absolute Gasteiger partial charge is 0.387 e. The van der Waals surface area contributed by atoms with Gasteiger partial charge in [0.15, 0.2) is 0 Å². The Kier molecular flexibility index (Phi) is 3.66. The van der Waals surface area contributed by atoms with Crippen molar-refractivity contribution in [2.75, 3.05) is 12.4 Å². The average Bonchev–Trinajstić information content (AvgIpc) is 2.89. The van der Waals surface area contributed by atoms with E-state index < -0.39 is 0 Å². The summed E-state index contributed by atoms with van der Waals surface area (Å²) in [4.78, 5) is 19.9. The van der Waals surface area contributed by atoms with Crippen LogP contribution in [0.3, 0.4) is 0 Å². The molecule has 0 radical (unpaired) electrons. The summed E-state index contributed by atoms with van der Waals surface area (Å²) in [5, 5.41) is 7.66. The fraction of sp³-hybridized carbons (Fsp3) is 0.182. The molecule has 0 aliphatic heterocycles. The van der Waals surface area contributed by atoms with Crippen LogP contribution in [-0.4, -0.2) is 22.9 Å². The second-order valence-corrected chi connectivity index (χ2v) is 4.05. The summed E-state index contributed by atoms with van der Waals surface area (Å²) >= 11 is 1.51. The van der Waals surface area contributed by atoms with Crippen molar-refractivity contribution in [1.29, 1.82) is 0 Å². The van der Waals surface area contributed by atoms with Crippen molar-refractivity contribution in [3.63, 3.8) is 0 Å². The first-order valence-electron chi connectivity index (χ1n) is 5.08. The number of rotatable bonds is 4. The summed E-state index contributed by atoms with van der Waals surface area (Å²) in [5.74, 6) is -0.157. The summed E-state index contributed by atoms with van der Waals surface area (Å²) < 4.78 is 0. The van der Waals surface area contributed by atoms with E-state index in [1.165, 1.54) is 11.3 Å². The predicted molar refractivity (Wildman–Crippen MR) is 67.1 cm³/mol. The van der Waals surface area contributed by atoms with Gasteiger partial charge in [0.05, 0.1) is 23.3 Å². The molecular formula is C11H12N4OS. The van der Waals surface area contributed by atoms with Gasteiger partial charge in [-0.25, -0.2) is 4.98 Å². The molecule has 6 heteroatoms. The van der Waals surface area contributed by atoms with Crippen LogP contribution in [0.2, 0.25) is 0 Å². The first kappa shape index (κ1) is 11.5. The highest BCUT2D eigenvalue weighted by atomic mass is 32.1. The molecule has 0 aliphatic carbocycles. The van der Waals surface area contributed by atoms with Gasteiger partial charge in [0.2, 0.25) is 0 Å². The molecule has 88 valence electrons. The molecule has 2 rings (SSSR count). The van der Waals surface area contributed by atoms with E-state index in [-0.39, 0.29) is 5.91 Å². The van der Waals surface area contributed by atoms with E-state index >= 15 is 0 Å². The van der Waals surface area contributed by atoms with Crippen LogP contribution in [0.1, 0.15) is 16.1 Å². The lowest BCUT2D eigenvalue weighted by Crippen LogP contribution is -2.24. The van der Waals surface area contributed by atoms with Crippen LogP contribution in [0, 0.1) is 0 Å². The van der Waals surface area contributed by atoms with Crippen LogP contribution < -0.4 is 10.6 Å². The van der Waals surface area contributed by atoms with Crippen molar-refractivity contribution >= 4 is 22.9 Å². The maximum Gasteiger partial charge on any atom is 0.255 e. The highest BCUT2D eigenvalue weighted by Gasteiger charge is 2.10. The third-order valence-electron chi connectivity index (χ3n) is 2.25. The molecule has 0 bridgehead atoms. The summed E-state index contributed by atoms with van der Waals surface area (Å²) in [7, 11) is 1.77. The second-order valence-electron chi connectivity index (χ2n) is 3.33. The molecule has 5 nitrogen and oxygen atoms in total. The molecule has 17 heavy (non-hydrogen) atoms. The number of hydrogen-bond donors (Lipinski definition) is 2. The zero-order chi connectivity index (χ0) is 12.1. The maximum atomic E-state index is 11.9. The topological polar surface area (TPSA) is 66.9 Å². The van der Waals surface area contributed by atoms with Gasteiger partial charge < -0.3 is 10.6 Å². The zero-order valence-electron chi connectivity index (χ0n) is 9.30. The summed E-state index contributed by atoms with van der Waals surface area (Å²) in [6, 6.07) is 1.76. The van der Waals surface area contributed by atoms with Crippen molar-refractivity contribution in [2.24, 2.45) is 0 Å². The lowest BCUT2D eigenvalue weighted by molar-refractivity contribution is 0.0951. The van der Waals surface area contributed by atoms with Crippen molar-refractivity contribution < 1.29 is 4.79 Å². The molecule has 0 aromatic carbocycles. The quantitative estimate of drug-likeness (QED) is 0.860. The van der Waals surface area contributed by atoms with Crippen LogP contribution in [0.25, 0.3) is 0 Å². The van der Waals surface area contributed by atoms with Gasteiger partial charge in [-0.2, -0.15) is 0 Å².